The van der Waals surface area contributed by atoms with Gasteiger partial charge < -0.3 is 18.4 Å². The highest BCUT2D eigenvalue weighted by Crippen LogP contribution is 2.46. The van der Waals surface area contributed by atoms with Gasteiger partial charge in [-0.2, -0.15) is 0 Å². The average molecular weight is 825 g/mol. The summed E-state index contributed by atoms with van der Waals surface area (Å²) in [5.41, 5.74) is 4.89. The minimum atomic E-state index is 0.614. The van der Waals surface area contributed by atoms with Crippen LogP contribution in [0.5, 0.6) is 11.5 Å². The molecule has 0 spiro atoms. The van der Waals surface area contributed by atoms with Crippen LogP contribution in [0, 0.1) is 0 Å². The van der Waals surface area contributed by atoms with Crippen LogP contribution in [0.25, 0.3) is 32.7 Å². The summed E-state index contributed by atoms with van der Waals surface area (Å²) < 4.78 is 17.9. The standard InChI is InChI=1S/C46H52Br2N2O2/c1-5-49(6-2,33-35-15-11-9-12-16-35)27-29-51-43-25-19-37-31-39(47)21-23-41(37)45(43)46-42-24-22-40(48)32-38(42)20-26-44(46)52-30-28-50(7-3,8-4)34-36-17-13-10-14-18-36/h9-26,31-32H,5-8,27-30,33-34H2,1-4H3/q+2. The number of hydrogen-bond donors (Lipinski definition) is 0. The van der Waals surface area contributed by atoms with E-state index in [4.69, 9.17) is 9.47 Å². The molecule has 0 fully saturated rings. The van der Waals surface area contributed by atoms with Gasteiger partial charge >= 0.3 is 0 Å². The van der Waals surface area contributed by atoms with Crippen molar-refractivity contribution in [2.24, 2.45) is 0 Å². The Morgan fingerprint density at radius 2 is 0.846 bits per heavy atom. The second kappa shape index (κ2) is 17.4. The highest BCUT2D eigenvalue weighted by atomic mass is 79.9. The maximum Gasteiger partial charge on any atom is 0.137 e. The molecule has 0 aromatic heterocycles. The molecule has 270 valence electrons. The van der Waals surface area contributed by atoms with Crippen molar-refractivity contribution in [2.75, 3.05) is 52.5 Å². The van der Waals surface area contributed by atoms with Crippen molar-refractivity contribution < 1.29 is 18.4 Å². The highest BCUT2D eigenvalue weighted by Gasteiger charge is 2.27. The molecule has 0 radical (unpaired) electrons. The number of quaternary nitrogens is 2. The molecule has 0 heterocycles. The predicted molar refractivity (Wildman–Crippen MR) is 226 cm³/mol. The van der Waals surface area contributed by atoms with Crippen LogP contribution in [0.2, 0.25) is 0 Å². The summed E-state index contributed by atoms with van der Waals surface area (Å²) >= 11 is 7.45. The molecular formula is C46H52Br2N2O2+2. The minimum Gasteiger partial charge on any atom is -0.487 e. The third kappa shape index (κ3) is 8.74. The Morgan fingerprint density at radius 3 is 1.21 bits per heavy atom. The van der Waals surface area contributed by atoms with Gasteiger partial charge in [0.2, 0.25) is 0 Å². The van der Waals surface area contributed by atoms with Crippen molar-refractivity contribution in [1.29, 1.82) is 0 Å². The summed E-state index contributed by atoms with van der Waals surface area (Å²) in [7, 11) is 0. The second-order valence-corrected chi connectivity index (χ2v) is 15.8. The van der Waals surface area contributed by atoms with Gasteiger partial charge in [-0.15, -0.1) is 0 Å². The smallest absolute Gasteiger partial charge is 0.137 e. The van der Waals surface area contributed by atoms with Crippen LogP contribution in [0.3, 0.4) is 0 Å². The second-order valence-electron chi connectivity index (χ2n) is 14.0. The lowest BCUT2D eigenvalue weighted by molar-refractivity contribution is -0.937. The minimum absolute atomic E-state index is 0.614. The molecule has 6 aromatic carbocycles. The Morgan fingerprint density at radius 1 is 0.462 bits per heavy atom. The van der Waals surface area contributed by atoms with E-state index in [1.54, 1.807) is 0 Å². The molecular weight excluding hydrogens is 772 g/mol. The van der Waals surface area contributed by atoms with Gasteiger partial charge in [-0.1, -0.05) is 117 Å². The summed E-state index contributed by atoms with van der Waals surface area (Å²) in [6, 6.07) is 43.5. The van der Waals surface area contributed by atoms with E-state index in [0.717, 1.165) is 114 Å². The van der Waals surface area contributed by atoms with Gasteiger partial charge in [0.1, 0.15) is 50.9 Å². The van der Waals surface area contributed by atoms with E-state index in [-0.39, 0.29) is 0 Å². The summed E-state index contributed by atoms with van der Waals surface area (Å²) in [5, 5.41) is 4.61. The maximum absolute atomic E-state index is 6.92. The van der Waals surface area contributed by atoms with Crippen LogP contribution >= 0.6 is 31.9 Å². The van der Waals surface area contributed by atoms with E-state index in [0.29, 0.717) is 13.2 Å². The zero-order valence-corrected chi connectivity index (χ0v) is 34.3. The van der Waals surface area contributed by atoms with Crippen molar-refractivity contribution in [1.82, 2.24) is 0 Å². The lowest BCUT2D eigenvalue weighted by Crippen LogP contribution is -2.49. The Bertz CT molecular complexity index is 1930. The molecule has 0 unspecified atom stereocenters. The zero-order chi connectivity index (χ0) is 36.6. The van der Waals surface area contributed by atoms with Crippen LogP contribution in [0.1, 0.15) is 38.8 Å². The topological polar surface area (TPSA) is 18.5 Å². The number of benzene rings is 6. The number of hydrogen-bond acceptors (Lipinski definition) is 2. The summed E-state index contributed by atoms with van der Waals surface area (Å²) in [6.45, 7) is 18.4. The third-order valence-corrected chi connectivity index (χ3v) is 12.2. The fourth-order valence-electron chi connectivity index (χ4n) is 7.64. The van der Waals surface area contributed by atoms with E-state index < -0.39 is 0 Å². The van der Waals surface area contributed by atoms with Crippen molar-refractivity contribution in [2.45, 2.75) is 40.8 Å². The fourth-order valence-corrected chi connectivity index (χ4v) is 8.40. The lowest BCUT2D eigenvalue weighted by Gasteiger charge is -2.37. The maximum atomic E-state index is 6.92. The number of likely N-dealkylation sites (N-methyl/N-ethyl adjacent to an activating group) is 2. The number of rotatable bonds is 17. The molecule has 0 aliphatic heterocycles. The van der Waals surface area contributed by atoms with Crippen LogP contribution < -0.4 is 9.47 Å². The first-order valence-corrected chi connectivity index (χ1v) is 20.4. The van der Waals surface area contributed by atoms with Gasteiger partial charge in [0, 0.05) is 31.2 Å². The van der Waals surface area contributed by atoms with Crippen molar-refractivity contribution in [3.05, 3.63) is 141 Å². The molecule has 0 N–H and O–H groups in total. The normalized spacial score (nSPS) is 12.0. The first-order valence-electron chi connectivity index (χ1n) is 18.8. The van der Waals surface area contributed by atoms with E-state index >= 15 is 0 Å². The Kier molecular flexibility index (Phi) is 12.8. The number of fused-ring (bicyclic) bond motifs is 2. The zero-order valence-electron chi connectivity index (χ0n) is 31.1. The summed E-state index contributed by atoms with van der Waals surface area (Å²) in [4.78, 5) is 0. The third-order valence-electron chi connectivity index (χ3n) is 11.2. The van der Waals surface area contributed by atoms with Crippen LogP contribution in [0.15, 0.2) is 130 Å². The molecule has 0 atom stereocenters. The molecule has 0 bridgehead atoms. The first-order chi connectivity index (χ1) is 25.3. The number of ether oxygens (including phenoxy) is 2. The highest BCUT2D eigenvalue weighted by molar-refractivity contribution is 9.10. The van der Waals surface area contributed by atoms with E-state index in [1.807, 2.05) is 0 Å². The quantitative estimate of drug-likeness (QED) is 0.0853. The summed E-state index contributed by atoms with van der Waals surface area (Å²) in [5.74, 6) is 1.77. The van der Waals surface area contributed by atoms with Crippen molar-refractivity contribution in [3.63, 3.8) is 0 Å². The molecule has 0 saturated heterocycles. The van der Waals surface area contributed by atoms with Gasteiger partial charge in [-0.05, 0) is 85.6 Å². The van der Waals surface area contributed by atoms with Gasteiger partial charge in [0.05, 0.1) is 26.2 Å². The van der Waals surface area contributed by atoms with Gasteiger partial charge in [0.15, 0.2) is 0 Å². The number of halogens is 2. The number of nitrogens with zero attached hydrogens (tertiary/aromatic N) is 2. The SMILES string of the molecule is CC[N+](CC)(CCOc1ccc2cc(Br)ccc2c1-c1c(OCC[N+](CC)(CC)Cc2ccccc2)ccc2cc(Br)ccc12)Cc1ccccc1. The molecule has 0 aliphatic rings. The molecule has 0 saturated carbocycles. The molecule has 6 aromatic rings. The summed E-state index contributed by atoms with van der Waals surface area (Å²) in [6.07, 6.45) is 0. The molecule has 0 amide bonds. The fraction of sp³-hybridized carbons (Fsp3) is 0.304. The van der Waals surface area contributed by atoms with Crippen LogP contribution in [0.4, 0.5) is 0 Å². The Labute approximate surface area is 327 Å². The molecule has 6 heteroatoms. The lowest BCUT2D eigenvalue weighted by atomic mass is 9.92. The van der Waals surface area contributed by atoms with Crippen molar-refractivity contribution >= 4 is 53.4 Å². The predicted octanol–water partition coefficient (Wildman–Crippen LogP) is 12.1. The first kappa shape index (κ1) is 38.1. The van der Waals surface area contributed by atoms with E-state index in [2.05, 4.69) is 181 Å². The van der Waals surface area contributed by atoms with E-state index in [1.165, 1.54) is 11.1 Å². The van der Waals surface area contributed by atoms with Crippen LogP contribution in [-0.2, 0) is 13.1 Å². The van der Waals surface area contributed by atoms with Gasteiger partial charge in [0.25, 0.3) is 0 Å². The van der Waals surface area contributed by atoms with Gasteiger partial charge in [-0.25, -0.2) is 0 Å². The van der Waals surface area contributed by atoms with Crippen molar-refractivity contribution in [3.8, 4) is 22.6 Å². The monoisotopic (exact) mass is 822 g/mol. The van der Waals surface area contributed by atoms with E-state index in [9.17, 15) is 0 Å². The largest absolute Gasteiger partial charge is 0.487 e. The molecule has 0 aliphatic carbocycles. The molecule has 4 nitrogen and oxygen atoms in total. The molecule has 6 rings (SSSR count). The Hall–Kier alpha value is -3.68. The average Bonchev–Trinajstić information content (AvgIpc) is 3.17. The Balaban J connectivity index is 1.38. The molecule has 52 heavy (non-hydrogen) atoms. The van der Waals surface area contributed by atoms with Gasteiger partial charge in [-0.3, -0.25) is 0 Å². The van der Waals surface area contributed by atoms with Crippen LogP contribution in [-0.4, -0.2) is 61.4 Å².